The van der Waals surface area contributed by atoms with Crippen molar-refractivity contribution < 1.29 is 13.2 Å². The first-order valence-electron chi connectivity index (χ1n) is 10.5. The Bertz CT molecular complexity index is 1260. The zero-order valence-corrected chi connectivity index (χ0v) is 19.0. The largest absolute Gasteiger partial charge is 0.352 e. The zero-order valence-electron chi connectivity index (χ0n) is 18.1. The van der Waals surface area contributed by atoms with E-state index in [1.807, 2.05) is 6.07 Å². The van der Waals surface area contributed by atoms with Gasteiger partial charge < -0.3 is 5.32 Å². The van der Waals surface area contributed by atoms with Gasteiger partial charge in [0.25, 0.3) is 0 Å². The number of rotatable bonds is 10. The molecule has 170 valence electrons. The summed E-state index contributed by atoms with van der Waals surface area (Å²) in [6.45, 7) is 5.20. The molecule has 0 unspecified atom stereocenters. The normalized spacial score (nSPS) is 12.1. The van der Waals surface area contributed by atoms with Crippen molar-refractivity contribution in [3.63, 3.8) is 0 Å². The summed E-state index contributed by atoms with van der Waals surface area (Å²) in [6.07, 6.45) is 5.24. The van der Waals surface area contributed by atoms with E-state index < -0.39 is 10.0 Å². The summed E-state index contributed by atoms with van der Waals surface area (Å²) in [5, 5.41) is 7.01. The lowest BCUT2D eigenvalue weighted by molar-refractivity contribution is -0.116. The van der Waals surface area contributed by atoms with E-state index in [4.69, 9.17) is 0 Å². The first-order valence-corrected chi connectivity index (χ1v) is 11.9. The molecule has 2 aromatic heterocycles. The molecule has 0 aliphatic carbocycles. The molecule has 0 fully saturated rings. The molecule has 0 saturated carbocycles. The molecule has 3 rings (SSSR count). The number of pyridine rings is 1. The van der Waals surface area contributed by atoms with Crippen LogP contribution >= 0.6 is 0 Å². The number of aromatic nitrogens is 3. The smallest absolute Gasteiger partial charge is 0.350 e. The van der Waals surface area contributed by atoms with Gasteiger partial charge in [-0.05, 0) is 42.3 Å². The van der Waals surface area contributed by atoms with Crippen molar-refractivity contribution in [1.82, 2.24) is 23.8 Å². The van der Waals surface area contributed by atoms with Gasteiger partial charge in [0.1, 0.15) is 0 Å². The fraction of sp³-hybridized carbons (Fsp3) is 0.318. The Balaban J connectivity index is 1.50. The summed E-state index contributed by atoms with van der Waals surface area (Å²) < 4.78 is 29.3. The van der Waals surface area contributed by atoms with Crippen molar-refractivity contribution in [3.05, 3.63) is 70.8 Å². The average Bonchev–Trinajstić information content (AvgIpc) is 3.12. The van der Waals surface area contributed by atoms with Crippen LogP contribution in [0.25, 0.3) is 11.7 Å². The fourth-order valence-corrected chi connectivity index (χ4v) is 4.71. The van der Waals surface area contributed by atoms with E-state index in [1.54, 1.807) is 50.4 Å². The summed E-state index contributed by atoms with van der Waals surface area (Å²) in [5.74, 6) is -0.271. The SMILES string of the molecule is CCN(CC)S(=O)(=O)c1ccc(C=CC(=O)NCCCn2nc3ccccn3c2=O)cc1. The third-order valence-electron chi connectivity index (χ3n) is 4.98. The molecule has 0 bridgehead atoms. The highest BCUT2D eigenvalue weighted by Crippen LogP contribution is 2.16. The summed E-state index contributed by atoms with van der Waals surface area (Å²) in [4.78, 5) is 24.5. The highest BCUT2D eigenvalue weighted by molar-refractivity contribution is 7.89. The molecular formula is C22H27N5O4S. The van der Waals surface area contributed by atoms with Gasteiger partial charge in [-0.15, -0.1) is 5.10 Å². The van der Waals surface area contributed by atoms with Crippen LogP contribution in [0.1, 0.15) is 25.8 Å². The molecule has 1 aromatic carbocycles. The third-order valence-corrected chi connectivity index (χ3v) is 7.05. The predicted octanol–water partition coefficient (Wildman–Crippen LogP) is 1.75. The fourth-order valence-electron chi connectivity index (χ4n) is 3.25. The van der Waals surface area contributed by atoms with Gasteiger partial charge in [0.2, 0.25) is 15.9 Å². The number of nitrogens with one attached hydrogen (secondary N) is 1. The monoisotopic (exact) mass is 457 g/mol. The number of nitrogens with zero attached hydrogens (tertiary/aromatic N) is 4. The van der Waals surface area contributed by atoms with Gasteiger partial charge in [-0.1, -0.05) is 32.0 Å². The topological polar surface area (TPSA) is 106 Å². The lowest BCUT2D eigenvalue weighted by atomic mass is 10.2. The molecule has 3 aromatic rings. The van der Waals surface area contributed by atoms with Crippen molar-refractivity contribution in [1.29, 1.82) is 0 Å². The average molecular weight is 458 g/mol. The van der Waals surface area contributed by atoms with E-state index in [2.05, 4.69) is 10.4 Å². The second-order valence-corrected chi connectivity index (χ2v) is 9.01. The maximum absolute atomic E-state index is 12.5. The number of carbonyl (C=O) groups excluding carboxylic acids is 1. The summed E-state index contributed by atoms with van der Waals surface area (Å²) in [5.41, 5.74) is 1.09. The number of benzene rings is 1. The van der Waals surface area contributed by atoms with Gasteiger partial charge in [0.15, 0.2) is 5.65 Å². The number of hydrogen-bond donors (Lipinski definition) is 1. The molecule has 0 radical (unpaired) electrons. The first-order chi connectivity index (χ1) is 15.4. The maximum Gasteiger partial charge on any atom is 0.350 e. The Kier molecular flexibility index (Phi) is 7.60. The standard InChI is InChI=1S/C22H27N5O4S/c1-3-25(4-2)32(30,31)19-12-9-18(10-13-19)11-14-21(28)23-15-7-17-27-22(29)26-16-6-5-8-20(26)24-27/h5-6,8-14,16H,3-4,7,15,17H2,1-2H3,(H,23,28). The molecule has 0 atom stereocenters. The lowest BCUT2D eigenvalue weighted by Gasteiger charge is -2.18. The van der Waals surface area contributed by atoms with Gasteiger partial charge in [-0.3, -0.25) is 9.20 Å². The number of fused-ring (bicyclic) bond motifs is 1. The van der Waals surface area contributed by atoms with E-state index in [1.165, 1.54) is 31.6 Å². The number of sulfonamides is 1. The summed E-state index contributed by atoms with van der Waals surface area (Å²) in [6, 6.07) is 11.7. The Labute approximate surface area is 187 Å². The highest BCUT2D eigenvalue weighted by atomic mass is 32.2. The van der Waals surface area contributed by atoms with E-state index in [0.29, 0.717) is 38.2 Å². The summed E-state index contributed by atoms with van der Waals surface area (Å²) >= 11 is 0. The van der Waals surface area contributed by atoms with Crippen molar-refractivity contribution in [3.8, 4) is 0 Å². The molecule has 10 heteroatoms. The van der Waals surface area contributed by atoms with Crippen LogP contribution in [-0.2, 0) is 21.4 Å². The van der Waals surface area contributed by atoms with Crippen LogP contribution < -0.4 is 11.0 Å². The molecule has 0 saturated heterocycles. The minimum absolute atomic E-state index is 0.210. The van der Waals surface area contributed by atoms with Crippen LogP contribution in [0, 0.1) is 0 Å². The van der Waals surface area contributed by atoms with Gasteiger partial charge in [0, 0.05) is 38.5 Å². The summed E-state index contributed by atoms with van der Waals surface area (Å²) in [7, 11) is -3.50. The maximum atomic E-state index is 12.5. The van der Waals surface area contributed by atoms with Crippen molar-refractivity contribution in [2.24, 2.45) is 0 Å². The molecule has 2 heterocycles. The van der Waals surface area contributed by atoms with Gasteiger partial charge in [0.05, 0.1) is 4.90 Å². The second kappa shape index (κ2) is 10.4. The van der Waals surface area contributed by atoms with Crippen molar-refractivity contribution in [2.75, 3.05) is 19.6 Å². The Morgan fingerprint density at radius 3 is 2.50 bits per heavy atom. The minimum atomic E-state index is -3.50. The molecule has 9 nitrogen and oxygen atoms in total. The molecule has 1 N–H and O–H groups in total. The molecule has 0 aliphatic rings. The number of carbonyl (C=O) groups is 1. The predicted molar refractivity (Wildman–Crippen MR) is 123 cm³/mol. The van der Waals surface area contributed by atoms with Gasteiger partial charge in [-0.25, -0.2) is 17.9 Å². The van der Waals surface area contributed by atoms with E-state index >= 15 is 0 Å². The van der Waals surface area contributed by atoms with E-state index in [0.717, 1.165) is 5.56 Å². The van der Waals surface area contributed by atoms with Crippen molar-refractivity contribution in [2.45, 2.75) is 31.7 Å². The minimum Gasteiger partial charge on any atom is -0.352 e. The van der Waals surface area contributed by atoms with Crippen LogP contribution in [0.15, 0.2) is 64.4 Å². The number of aryl methyl sites for hydroxylation is 1. The Hall–Kier alpha value is -3.24. The Morgan fingerprint density at radius 1 is 1.12 bits per heavy atom. The molecule has 0 spiro atoms. The van der Waals surface area contributed by atoms with E-state index in [-0.39, 0.29) is 16.5 Å². The zero-order chi connectivity index (χ0) is 23.1. The molecule has 0 aliphatic heterocycles. The molecule has 32 heavy (non-hydrogen) atoms. The number of amides is 1. The number of hydrogen-bond acceptors (Lipinski definition) is 5. The Morgan fingerprint density at radius 2 is 1.84 bits per heavy atom. The van der Waals surface area contributed by atoms with Crippen molar-refractivity contribution >= 4 is 27.7 Å². The third kappa shape index (κ3) is 5.32. The van der Waals surface area contributed by atoms with Crippen LogP contribution in [-0.4, -0.2) is 52.4 Å². The van der Waals surface area contributed by atoms with Crippen LogP contribution in [0.3, 0.4) is 0 Å². The highest BCUT2D eigenvalue weighted by Gasteiger charge is 2.20. The van der Waals surface area contributed by atoms with Crippen LogP contribution in [0.4, 0.5) is 0 Å². The second-order valence-electron chi connectivity index (χ2n) is 7.07. The molecular weight excluding hydrogens is 430 g/mol. The van der Waals surface area contributed by atoms with Crippen LogP contribution in [0.5, 0.6) is 0 Å². The molecule has 1 amide bonds. The van der Waals surface area contributed by atoms with Gasteiger partial charge >= 0.3 is 5.69 Å². The quantitative estimate of drug-likeness (QED) is 0.369. The van der Waals surface area contributed by atoms with E-state index in [9.17, 15) is 18.0 Å². The lowest BCUT2D eigenvalue weighted by Crippen LogP contribution is -2.30. The first kappa shape index (κ1) is 23.4. The van der Waals surface area contributed by atoms with Crippen LogP contribution in [0.2, 0.25) is 0 Å². The van der Waals surface area contributed by atoms with Gasteiger partial charge in [-0.2, -0.15) is 4.31 Å².